The fourth-order valence-corrected chi connectivity index (χ4v) is 2.69. The molecular weight excluding hydrogens is 280 g/mol. The van der Waals surface area contributed by atoms with Crippen molar-refractivity contribution in [1.29, 1.82) is 0 Å². The molecule has 5 heteroatoms. The predicted molar refractivity (Wildman–Crippen MR) is 87.5 cm³/mol. The highest BCUT2D eigenvalue weighted by Gasteiger charge is 2.20. The van der Waals surface area contributed by atoms with Crippen LogP contribution < -0.4 is 9.64 Å². The van der Waals surface area contributed by atoms with Gasteiger partial charge in [-0.1, -0.05) is 12.1 Å². The number of ether oxygens (including phenoxy) is 2. The van der Waals surface area contributed by atoms with E-state index in [0.29, 0.717) is 19.6 Å². The van der Waals surface area contributed by atoms with Gasteiger partial charge >= 0.3 is 5.97 Å². The van der Waals surface area contributed by atoms with Gasteiger partial charge in [0.2, 0.25) is 0 Å². The van der Waals surface area contributed by atoms with E-state index in [0.717, 1.165) is 44.2 Å². The minimum atomic E-state index is -0.105. The Morgan fingerprint density at radius 2 is 1.82 bits per heavy atom. The summed E-state index contributed by atoms with van der Waals surface area (Å²) in [4.78, 5) is 16.1. The SMILES string of the molecule is CCOC(=O)CCN1CCN(c2ccccc2OCC)CC1. The summed E-state index contributed by atoms with van der Waals surface area (Å²) in [5.74, 6) is 0.844. The number of esters is 1. The van der Waals surface area contributed by atoms with E-state index >= 15 is 0 Å². The van der Waals surface area contributed by atoms with Crippen molar-refractivity contribution in [1.82, 2.24) is 4.90 Å². The number of para-hydroxylation sites is 2. The Morgan fingerprint density at radius 1 is 1.09 bits per heavy atom. The summed E-state index contributed by atoms with van der Waals surface area (Å²) in [5, 5.41) is 0. The van der Waals surface area contributed by atoms with Crippen LogP contribution in [0, 0.1) is 0 Å². The van der Waals surface area contributed by atoms with Gasteiger partial charge < -0.3 is 14.4 Å². The second-order valence-corrected chi connectivity index (χ2v) is 5.28. The summed E-state index contributed by atoms with van der Waals surface area (Å²) in [6.45, 7) is 9.58. The lowest BCUT2D eigenvalue weighted by Crippen LogP contribution is -2.47. The highest BCUT2D eigenvalue weighted by molar-refractivity contribution is 5.69. The molecule has 0 aliphatic carbocycles. The Hall–Kier alpha value is -1.75. The second-order valence-electron chi connectivity index (χ2n) is 5.28. The number of anilines is 1. The van der Waals surface area contributed by atoms with Crippen molar-refractivity contribution >= 4 is 11.7 Å². The number of rotatable bonds is 7. The molecule has 122 valence electrons. The topological polar surface area (TPSA) is 42.0 Å². The van der Waals surface area contributed by atoms with Gasteiger partial charge in [0.25, 0.3) is 0 Å². The zero-order chi connectivity index (χ0) is 15.8. The summed E-state index contributed by atoms with van der Waals surface area (Å²) >= 11 is 0. The fraction of sp³-hybridized carbons (Fsp3) is 0.588. The number of hydrogen-bond acceptors (Lipinski definition) is 5. The smallest absolute Gasteiger partial charge is 0.307 e. The molecule has 0 N–H and O–H groups in total. The number of carbonyl (C=O) groups excluding carboxylic acids is 1. The first-order chi connectivity index (χ1) is 10.7. The van der Waals surface area contributed by atoms with Crippen molar-refractivity contribution < 1.29 is 14.3 Å². The summed E-state index contributed by atoms with van der Waals surface area (Å²) in [6.07, 6.45) is 0.476. The zero-order valence-electron chi connectivity index (χ0n) is 13.6. The van der Waals surface area contributed by atoms with Crippen LogP contribution in [0.4, 0.5) is 5.69 Å². The van der Waals surface area contributed by atoms with Crippen molar-refractivity contribution in [2.24, 2.45) is 0 Å². The van der Waals surface area contributed by atoms with Gasteiger partial charge in [-0.2, -0.15) is 0 Å². The first kappa shape index (κ1) is 16.6. The highest BCUT2D eigenvalue weighted by atomic mass is 16.5. The molecule has 0 spiro atoms. The molecular formula is C17H26N2O3. The van der Waals surface area contributed by atoms with Gasteiger partial charge in [-0.15, -0.1) is 0 Å². The molecule has 1 aromatic carbocycles. The number of carbonyl (C=O) groups is 1. The number of nitrogens with zero attached hydrogens (tertiary/aromatic N) is 2. The predicted octanol–water partition coefficient (Wildman–Crippen LogP) is 2.16. The van der Waals surface area contributed by atoms with E-state index in [2.05, 4.69) is 15.9 Å². The first-order valence-corrected chi connectivity index (χ1v) is 8.09. The third-order valence-corrected chi connectivity index (χ3v) is 3.82. The van der Waals surface area contributed by atoms with Gasteiger partial charge in [0.1, 0.15) is 5.75 Å². The van der Waals surface area contributed by atoms with E-state index in [1.54, 1.807) is 0 Å². The lowest BCUT2D eigenvalue weighted by atomic mass is 10.2. The van der Waals surface area contributed by atoms with E-state index in [1.807, 2.05) is 32.0 Å². The number of benzene rings is 1. The van der Waals surface area contributed by atoms with Crippen LogP contribution in [0.15, 0.2) is 24.3 Å². The van der Waals surface area contributed by atoms with Crippen molar-refractivity contribution in [3.05, 3.63) is 24.3 Å². The Morgan fingerprint density at radius 3 is 2.50 bits per heavy atom. The minimum Gasteiger partial charge on any atom is -0.492 e. The maximum atomic E-state index is 11.4. The Kier molecular flexibility index (Phi) is 6.52. The molecule has 5 nitrogen and oxygen atoms in total. The fourth-order valence-electron chi connectivity index (χ4n) is 2.69. The second kappa shape index (κ2) is 8.63. The van der Waals surface area contributed by atoms with Crippen molar-refractivity contribution in [2.75, 3.05) is 50.8 Å². The Bertz CT molecular complexity index is 471. The van der Waals surface area contributed by atoms with Gasteiger partial charge in [0.05, 0.1) is 25.3 Å². The lowest BCUT2D eigenvalue weighted by molar-refractivity contribution is -0.143. The molecule has 0 aromatic heterocycles. The van der Waals surface area contributed by atoms with E-state index in [-0.39, 0.29) is 5.97 Å². The van der Waals surface area contributed by atoms with E-state index in [1.165, 1.54) is 0 Å². The van der Waals surface area contributed by atoms with Gasteiger partial charge in [-0.05, 0) is 26.0 Å². The first-order valence-electron chi connectivity index (χ1n) is 8.09. The molecule has 22 heavy (non-hydrogen) atoms. The van der Waals surface area contributed by atoms with Crippen LogP contribution in [0.25, 0.3) is 0 Å². The third kappa shape index (κ3) is 4.63. The molecule has 0 saturated carbocycles. The molecule has 1 aromatic rings. The summed E-state index contributed by atoms with van der Waals surface area (Å²) < 4.78 is 10.7. The molecule has 0 atom stereocenters. The van der Waals surface area contributed by atoms with Gasteiger partial charge in [-0.25, -0.2) is 0 Å². The standard InChI is InChI=1S/C17H26N2O3/c1-3-21-16-8-6-5-7-15(16)19-13-11-18(12-14-19)10-9-17(20)22-4-2/h5-8H,3-4,9-14H2,1-2H3. The van der Waals surface area contributed by atoms with Gasteiger partial charge in [0.15, 0.2) is 0 Å². The molecule has 1 aliphatic rings. The normalized spacial score (nSPS) is 15.6. The van der Waals surface area contributed by atoms with Crippen LogP contribution in [0.3, 0.4) is 0 Å². The third-order valence-electron chi connectivity index (χ3n) is 3.82. The minimum absolute atomic E-state index is 0.105. The Labute approximate surface area is 132 Å². The van der Waals surface area contributed by atoms with Crippen molar-refractivity contribution in [2.45, 2.75) is 20.3 Å². The summed E-state index contributed by atoms with van der Waals surface area (Å²) in [7, 11) is 0. The monoisotopic (exact) mass is 306 g/mol. The summed E-state index contributed by atoms with van der Waals surface area (Å²) in [6, 6.07) is 8.18. The molecule has 1 aliphatic heterocycles. The zero-order valence-corrected chi connectivity index (χ0v) is 13.6. The van der Waals surface area contributed by atoms with Crippen molar-refractivity contribution in [3.63, 3.8) is 0 Å². The maximum Gasteiger partial charge on any atom is 0.307 e. The van der Waals surface area contributed by atoms with Crippen LogP contribution in [-0.2, 0) is 9.53 Å². The maximum absolute atomic E-state index is 11.4. The van der Waals surface area contributed by atoms with Gasteiger partial charge in [-0.3, -0.25) is 9.69 Å². The van der Waals surface area contributed by atoms with E-state index in [9.17, 15) is 4.79 Å². The molecule has 1 heterocycles. The lowest BCUT2D eigenvalue weighted by Gasteiger charge is -2.36. The Balaban J connectivity index is 1.83. The van der Waals surface area contributed by atoms with Crippen molar-refractivity contribution in [3.8, 4) is 5.75 Å². The van der Waals surface area contributed by atoms with Crippen LogP contribution in [-0.4, -0.2) is 56.8 Å². The van der Waals surface area contributed by atoms with Crippen LogP contribution >= 0.6 is 0 Å². The average molecular weight is 306 g/mol. The molecule has 0 unspecified atom stereocenters. The number of hydrogen-bond donors (Lipinski definition) is 0. The van der Waals surface area contributed by atoms with Crippen LogP contribution in [0.5, 0.6) is 5.75 Å². The quantitative estimate of drug-likeness (QED) is 0.722. The van der Waals surface area contributed by atoms with E-state index < -0.39 is 0 Å². The molecule has 2 rings (SSSR count). The van der Waals surface area contributed by atoms with E-state index in [4.69, 9.17) is 9.47 Å². The van der Waals surface area contributed by atoms with Gasteiger partial charge in [0, 0.05) is 32.7 Å². The summed E-state index contributed by atoms with van der Waals surface area (Å²) in [5.41, 5.74) is 1.16. The van der Waals surface area contributed by atoms with Crippen LogP contribution in [0.2, 0.25) is 0 Å². The molecule has 1 saturated heterocycles. The molecule has 1 fully saturated rings. The average Bonchev–Trinajstić information content (AvgIpc) is 2.55. The highest BCUT2D eigenvalue weighted by Crippen LogP contribution is 2.28. The molecule has 0 amide bonds. The molecule has 0 radical (unpaired) electrons. The van der Waals surface area contributed by atoms with Crippen LogP contribution in [0.1, 0.15) is 20.3 Å². The number of piperazine rings is 1. The largest absolute Gasteiger partial charge is 0.492 e. The molecule has 0 bridgehead atoms.